The molecule has 202 valence electrons. The molecule has 39 heavy (non-hydrogen) atoms. The lowest BCUT2D eigenvalue weighted by Crippen LogP contribution is -2.37. The number of rotatable bonds is 5. The molecule has 1 aromatic heterocycles. The Hall–Kier alpha value is -3.49. The minimum Gasteiger partial charge on any atom is -0.488 e. The average Bonchev–Trinajstić information content (AvgIpc) is 3.55. The van der Waals surface area contributed by atoms with Crippen molar-refractivity contribution < 1.29 is 18.3 Å². The van der Waals surface area contributed by atoms with Crippen LogP contribution in [-0.4, -0.2) is 59.6 Å². The van der Waals surface area contributed by atoms with Gasteiger partial charge in [-0.3, -0.25) is 9.47 Å². The third kappa shape index (κ3) is 4.45. The lowest BCUT2D eigenvalue weighted by Gasteiger charge is -2.26. The van der Waals surface area contributed by atoms with Gasteiger partial charge in [-0.15, -0.1) is 0 Å². The van der Waals surface area contributed by atoms with E-state index in [2.05, 4.69) is 9.88 Å². The number of halogens is 2. The molecule has 2 aliphatic heterocycles. The van der Waals surface area contributed by atoms with Crippen molar-refractivity contribution in [2.75, 3.05) is 39.5 Å². The van der Waals surface area contributed by atoms with Gasteiger partial charge in [-0.05, 0) is 66.3 Å². The van der Waals surface area contributed by atoms with Crippen molar-refractivity contribution >= 4 is 22.7 Å². The summed E-state index contributed by atoms with van der Waals surface area (Å²) in [5.74, 6) is -0.101. The summed E-state index contributed by atoms with van der Waals surface area (Å²) in [6, 6.07) is 10.4. The molecule has 2 aliphatic carbocycles. The number of H-pyrrole nitrogens is 1. The van der Waals surface area contributed by atoms with E-state index in [9.17, 15) is 9.18 Å². The predicted molar refractivity (Wildman–Crippen MR) is 147 cm³/mol. The fraction of sp³-hybridized carbons (Fsp3) is 0.387. The highest BCUT2D eigenvalue weighted by Crippen LogP contribution is 2.58. The van der Waals surface area contributed by atoms with Crippen molar-refractivity contribution in [3.8, 4) is 5.75 Å². The Balaban J connectivity index is 1.24. The molecule has 2 fully saturated rings. The van der Waals surface area contributed by atoms with E-state index in [0.29, 0.717) is 30.7 Å². The largest absolute Gasteiger partial charge is 0.488 e. The predicted octanol–water partition coefficient (Wildman–Crippen LogP) is 5.11. The molecular weight excluding hydrogens is 500 g/mol. The van der Waals surface area contributed by atoms with E-state index in [1.807, 2.05) is 36.4 Å². The third-order valence-electron chi connectivity index (χ3n) is 8.50. The molecule has 3 aromatic rings. The van der Waals surface area contributed by atoms with Crippen molar-refractivity contribution in [3.63, 3.8) is 0 Å². The van der Waals surface area contributed by atoms with E-state index in [0.717, 1.165) is 72.6 Å². The maximum absolute atomic E-state index is 15.9. The van der Waals surface area contributed by atoms with Gasteiger partial charge in [0.15, 0.2) is 0 Å². The first-order chi connectivity index (χ1) is 19.0. The number of hydrogen-bond donors (Lipinski definition) is 1. The maximum atomic E-state index is 15.9. The standard InChI is InChI=1S/C31H31F2N3O3/c32-22-6-7-24-25(23-4-1-3-21-18-31(21,33)26(23)19-39-29(24)17-22)15-20-5-8-28-27(16-20)34-30(37)36(28)10-2-9-35-11-13-38-14-12-35/h1,3,5-8,15-17,21H,2,4,9-14,18-19H2,(H,34,37)/b25-15+. The summed E-state index contributed by atoms with van der Waals surface area (Å²) in [5.41, 5.74) is 4.08. The Labute approximate surface area is 225 Å². The summed E-state index contributed by atoms with van der Waals surface area (Å²) in [6.07, 6.45) is 7.93. The molecule has 1 N–H and O–H groups in total. The number of imidazole rings is 1. The number of benzene rings is 2. The lowest BCUT2D eigenvalue weighted by molar-refractivity contribution is 0.0369. The first-order valence-corrected chi connectivity index (χ1v) is 13.8. The second-order valence-electron chi connectivity index (χ2n) is 10.9. The number of nitrogens with zero attached hydrogens (tertiary/aromatic N) is 2. The van der Waals surface area contributed by atoms with Crippen LogP contribution in [0.25, 0.3) is 22.7 Å². The Morgan fingerprint density at radius 1 is 1.13 bits per heavy atom. The van der Waals surface area contributed by atoms with E-state index >= 15 is 4.39 Å². The summed E-state index contributed by atoms with van der Waals surface area (Å²) in [5, 5.41) is 0. The van der Waals surface area contributed by atoms with Crippen molar-refractivity contribution in [3.05, 3.63) is 87.1 Å². The minimum absolute atomic E-state index is 0.109. The van der Waals surface area contributed by atoms with E-state index in [-0.39, 0.29) is 18.2 Å². The van der Waals surface area contributed by atoms with Crippen LogP contribution in [-0.2, 0) is 11.3 Å². The number of nitrogens with one attached hydrogen (secondary N) is 1. The molecule has 0 radical (unpaired) electrons. The summed E-state index contributed by atoms with van der Waals surface area (Å²) in [6.45, 7) is 5.06. The fourth-order valence-corrected chi connectivity index (χ4v) is 6.28. The normalized spacial score (nSPS) is 25.6. The van der Waals surface area contributed by atoms with Crippen molar-refractivity contribution in [2.24, 2.45) is 5.92 Å². The molecule has 0 spiro atoms. The van der Waals surface area contributed by atoms with Gasteiger partial charge < -0.3 is 14.5 Å². The maximum Gasteiger partial charge on any atom is 0.326 e. The van der Waals surface area contributed by atoms with Crippen molar-refractivity contribution in [1.29, 1.82) is 0 Å². The number of aromatic nitrogens is 2. The summed E-state index contributed by atoms with van der Waals surface area (Å²) < 4.78 is 43.2. The molecule has 2 atom stereocenters. The Kier molecular flexibility index (Phi) is 6.05. The van der Waals surface area contributed by atoms with Crippen LogP contribution in [0.1, 0.15) is 30.4 Å². The van der Waals surface area contributed by atoms with Gasteiger partial charge in [0.1, 0.15) is 23.8 Å². The van der Waals surface area contributed by atoms with Crippen LogP contribution in [0, 0.1) is 11.7 Å². The summed E-state index contributed by atoms with van der Waals surface area (Å²) in [7, 11) is 0. The van der Waals surface area contributed by atoms with Crippen LogP contribution in [0.15, 0.2) is 64.5 Å². The number of fused-ring (bicyclic) bond motifs is 4. The molecular formula is C31H31F2N3O3. The van der Waals surface area contributed by atoms with Gasteiger partial charge in [0.05, 0.1) is 24.2 Å². The number of hydrogen-bond acceptors (Lipinski definition) is 4. The second-order valence-corrected chi connectivity index (χ2v) is 10.9. The molecule has 7 rings (SSSR count). The van der Waals surface area contributed by atoms with Crippen molar-refractivity contribution in [1.82, 2.24) is 14.5 Å². The highest BCUT2D eigenvalue weighted by atomic mass is 19.1. The number of aryl methyl sites for hydroxylation is 1. The van der Waals surface area contributed by atoms with E-state index < -0.39 is 11.5 Å². The van der Waals surface area contributed by atoms with Gasteiger partial charge in [-0.2, -0.15) is 0 Å². The highest BCUT2D eigenvalue weighted by Gasteiger charge is 2.58. The Bertz CT molecular complexity index is 1590. The van der Waals surface area contributed by atoms with Crippen LogP contribution < -0.4 is 10.4 Å². The SMILES string of the molecule is O=c1[nH]c2cc(/C=C3\C4=C(COc5cc(F)ccc53)C3(F)CC3C=CC4)ccc2n1CCCN1CCOCC1. The van der Waals surface area contributed by atoms with Crippen LogP contribution in [0.3, 0.4) is 0 Å². The average molecular weight is 532 g/mol. The van der Waals surface area contributed by atoms with Crippen LogP contribution in [0.2, 0.25) is 0 Å². The number of alkyl halides is 1. The molecule has 0 bridgehead atoms. The van der Waals surface area contributed by atoms with Crippen molar-refractivity contribution in [2.45, 2.75) is 31.5 Å². The highest BCUT2D eigenvalue weighted by molar-refractivity contribution is 5.95. The van der Waals surface area contributed by atoms with Crippen LogP contribution in [0.5, 0.6) is 5.75 Å². The zero-order chi connectivity index (χ0) is 26.6. The number of morpholine rings is 1. The Morgan fingerprint density at radius 3 is 2.87 bits per heavy atom. The van der Waals surface area contributed by atoms with Gasteiger partial charge in [0, 0.05) is 49.3 Å². The van der Waals surface area contributed by atoms with Crippen LogP contribution in [0.4, 0.5) is 8.78 Å². The molecule has 1 saturated carbocycles. The summed E-state index contributed by atoms with van der Waals surface area (Å²) >= 11 is 0. The molecule has 2 aromatic carbocycles. The lowest BCUT2D eigenvalue weighted by atomic mass is 9.88. The molecule has 0 amide bonds. The third-order valence-corrected chi connectivity index (χ3v) is 8.50. The Morgan fingerprint density at radius 2 is 2.00 bits per heavy atom. The summed E-state index contributed by atoms with van der Waals surface area (Å²) in [4.78, 5) is 18.2. The minimum atomic E-state index is -1.41. The second kappa shape index (κ2) is 9.61. The first kappa shape index (κ1) is 24.5. The molecule has 6 nitrogen and oxygen atoms in total. The molecule has 2 unspecified atom stereocenters. The number of allylic oxidation sites excluding steroid dienone is 4. The zero-order valence-corrected chi connectivity index (χ0v) is 21.7. The number of aromatic amines is 1. The quantitative estimate of drug-likeness (QED) is 0.465. The topological polar surface area (TPSA) is 59.5 Å². The smallest absolute Gasteiger partial charge is 0.326 e. The van der Waals surface area contributed by atoms with Crippen LogP contribution >= 0.6 is 0 Å². The molecule has 3 heterocycles. The van der Waals surface area contributed by atoms with Gasteiger partial charge in [-0.25, -0.2) is 13.6 Å². The zero-order valence-electron chi connectivity index (χ0n) is 21.7. The molecule has 4 aliphatic rings. The van der Waals surface area contributed by atoms with Gasteiger partial charge >= 0.3 is 5.69 Å². The van der Waals surface area contributed by atoms with E-state index in [1.54, 1.807) is 10.6 Å². The monoisotopic (exact) mass is 531 g/mol. The first-order valence-electron chi connectivity index (χ1n) is 13.8. The molecule has 8 heteroatoms. The van der Waals surface area contributed by atoms with E-state index in [4.69, 9.17) is 9.47 Å². The number of ether oxygens (including phenoxy) is 2. The van der Waals surface area contributed by atoms with Gasteiger partial charge in [0.2, 0.25) is 0 Å². The van der Waals surface area contributed by atoms with Gasteiger partial charge in [0.25, 0.3) is 0 Å². The van der Waals surface area contributed by atoms with E-state index in [1.165, 1.54) is 12.1 Å². The fourth-order valence-electron chi connectivity index (χ4n) is 6.28. The van der Waals surface area contributed by atoms with Gasteiger partial charge in [-0.1, -0.05) is 18.2 Å². The molecule has 1 saturated heterocycles.